The summed E-state index contributed by atoms with van der Waals surface area (Å²) < 4.78 is 22.9. The molecule has 2 rings (SSSR count). The lowest BCUT2D eigenvalue weighted by Crippen LogP contribution is -2.28. The predicted octanol–water partition coefficient (Wildman–Crippen LogP) is 2.74. The Bertz CT molecular complexity index is 764. The first-order chi connectivity index (χ1) is 10.3. The first-order valence-electron chi connectivity index (χ1n) is 6.84. The second-order valence-corrected chi connectivity index (χ2v) is 8.11. The summed E-state index contributed by atoms with van der Waals surface area (Å²) >= 11 is 1.43. The lowest BCUT2D eigenvalue weighted by atomic mass is 10.0. The molecule has 1 N–H and O–H groups in total. The van der Waals surface area contributed by atoms with Crippen molar-refractivity contribution in [1.29, 1.82) is 0 Å². The Balaban J connectivity index is 2.16. The van der Waals surface area contributed by atoms with E-state index in [4.69, 9.17) is 0 Å². The zero-order valence-corrected chi connectivity index (χ0v) is 14.3. The molecule has 7 heteroatoms. The van der Waals surface area contributed by atoms with Crippen LogP contribution in [0.15, 0.2) is 34.5 Å². The molecule has 0 radical (unpaired) electrons. The van der Waals surface area contributed by atoms with Gasteiger partial charge in [0.1, 0.15) is 5.69 Å². The molecule has 0 aliphatic rings. The van der Waals surface area contributed by atoms with Gasteiger partial charge in [0.05, 0.1) is 15.9 Å². The van der Waals surface area contributed by atoms with Crippen molar-refractivity contribution < 1.29 is 13.2 Å². The van der Waals surface area contributed by atoms with Gasteiger partial charge in [-0.3, -0.25) is 4.79 Å². The van der Waals surface area contributed by atoms with E-state index >= 15 is 0 Å². The minimum absolute atomic E-state index is 0.178. The van der Waals surface area contributed by atoms with Crippen molar-refractivity contribution in [3.63, 3.8) is 0 Å². The number of nitrogens with one attached hydrogen (secondary N) is 1. The molecule has 1 aromatic carbocycles. The minimum atomic E-state index is -3.21. The van der Waals surface area contributed by atoms with Gasteiger partial charge in [-0.2, -0.15) is 0 Å². The maximum Gasteiger partial charge on any atom is 0.271 e. The van der Waals surface area contributed by atoms with Crippen LogP contribution in [0.5, 0.6) is 0 Å². The maximum absolute atomic E-state index is 12.2. The third-order valence-electron chi connectivity index (χ3n) is 3.28. The topological polar surface area (TPSA) is 76.1 Å². The Hall–Kier alpha value is -1.73. The summed E-state index contributed by atoms with van der Waals surface area (Å²) in [6.45, 7) is 3.81. The molecule has 1 atom stereocenters. The number of rotatable bonds is 5. The molecule has 1 aromatic heterocycles. The number of hydrogen-bond donors (Lipinski definition) is 1. The third kappa shape index (κ3) is 3.92. The summed E-state index contributed by atoms with van der Waals surface area (Å²) in [5.41, 5.74) is 1.28. The van der Waals surface area contributed by atoms with E-state index in [0.717, 1.165) is 10.6 Å². The Morgan fingerprint density at radius 3 is 2.41 bits per heavy atom. The lowest BCUT2D eigenvalue weighted by Gasteiger charge is -2.17. The van der Waals surface area contributed by atoms with E-state index in [1.165, 1.54) is 17.6 Å². The molecule has 2 aromatic rings. The first kappa shape index (κ1) is 16.6. The highest BCUT2D eigenvalue weighted by Gasteiger charge is 2.16. The standard InChI is InChI=1S/C15H18N2O3S2/c1-4-13(17-15(18)14-9-21-10(2)16-14)11-5-7-12(8-6-11)22(3,19)20/h5-9,13H,4H2,1-3H3,(H,17,18)/t13-/m1/s1. The summed E-state index contributed by atoms with van der Waals surface area (Å²) in [5, 5.41) is 5.50. The van der Waals surface area contributed by atoms with E-state index in [1.807, 2.05) is 13.8 Å². The number of sulfone groups is 1. The Morgan fingerprint density at radius 2 is 1.95 bits per heavy atom. The molecule has 0 saturated heterocycles. The molecule has 0 unspecified atom stereocenters. The smallest absolute Gasteiger partial charge is 0.271 e. The van der Waals surface area contributed by atoms with Gasteiger partial charge >= 0.3 is 0 Å². The van der Waals surface area contributed by atoms with E-state index in [2.05, 4.69) is 10.3 Å². The van der Waals surface area contributed by atoms with Gasteiger partial charge in [0.25, 0.3) is 5.91 Å². The fourth-order valence-electron chi connectivity index (χ4n) is 2.07. The predicted molar refractivity (Wildman–Crippen MR) is 86.9 cm³/mol. The average molecular weight is 338 g/mol. The number of thiazole rings is 1. The second kappa shape index (κ2) is 6.58. The molecule has 22 heavy (non-hydrogen) atoms. The zero-order chi connectivity index (χ0) is 16.3. The number of benzene rings is 1. The van der Waals surface area contributed by atoms with Crippen LogP contribution in [0.25, 0.3) is 0 Å². The highest BCUT2D eigenvalue weighted by atomic mass is 32.2. The second-order valence-electron chi connectivity index (χ2n) is 5.03. The Kier molecular flexibility index (Phi) is 4.97. The SMILES string of the molecule is CC[C@@H](NC(=O)c1csc(C)n1)c1ccc(S(C)(=O)=O)cc1. The van der Waals surface area contributed by atoms with Gasteiger partial charge in [-0.25, -0.2) is 13.4 Å². The van der Waals surface area contributed by atoms with Gasteiger partial charge < -0.3 is 5.32 Å². The number of carbonyl (C=O) groups is 1. The maximum atomic E-state index is 12.2. The van der Waals surface area contributed by atoms with Crippen LogP contribution in [-0.2, 0) is 9.84 Å². The normalized spacial score (nSPS) is 12.9. The van der Waals surface area contributed by atoms with Crippen molar-refractivity contribution >= 4 is 27.1 Å². The molecular weight excluding hydrogens is 320 g/mol. The zero-order valence-electron chi connectivity index (χ0n) is 12.7. The Labute approximate surface area is 134 Å². The van der Waals surface area contributed by atoms with E-state index in [-0.39, 0.29) is 16.8 Å². The van der Waals surface area contributed by atoms with Crippen molar-refractivity contribution in [3.05, 3.63) is 45.9 Å². The Morgan fingerprint density at radius 1 is 1.32 bits per heavy atom. The van der Waals surface area contributed by atoms with E-state index < -0.39 is 9.84 Å². The van der Waals surface area contributed by atoms with Gasteiger partial charge in [-0.1, -0.05) is 19.1 Å². The average Bonchev–Trinajstić information content (AvgIpc) is 2.90. The molecule has 0 aliphatic heterocycles. The van der Waals surface area contributed by atoms with E-state index in [9.17, 15) is 13.2 Å². The number of nitrogens with zero attached hydrogens (tertiary/aromatic N) is 1. The monoisotopic (exact) mass is 338 g/mol. The van der Waals surface area contributed by atoms with Crippen molar-refractivity contribution in [1.82, 2.24) is 10.3 Å². The molecule has 1 heterocycles. The fourth-order valence-corrected chi connectivity index (χ4v) is 3.29. The molecule has 5 nitrogen and oxygen atoms in total. The van der Waals surface area contributed by atoms with Crippen LogP contribution >= 0.6 is 11.3 Å². The molecule has 0 spiro atoms. The van der Waals surface area contributed by atoms with Gasteiger partial charge in [-0.15, -0.1) is 11.3 Å². The molecular formula is C15H18N2O3S2. The molecule has 0 aliphatic carbocycles. The van der Waals surface area contributed by atoms with Crippen molar-refractivity contribution in [3.8, 4) is 0 Å². The van der Waals surface area contributed by atoms with Crippen LogP contribution in [0.2, 0.25) is 0 Å². The van der Waals surface area contributed by atoms with Crippen molar-refractivity contribution in [2.24, 2.45) is 0 Å². The highest BCUT2D eigenvalue weighted by molar-refractivity contribution is 7.90. The van der Waals surface area contributed by atoms with Gasteiger partial charge in [0.2, 0.25) is 0 Å². The summed E-state index contributed by atoms with van der Waals surface area (Å²) in [6.07, 6.45) is 1.87. The fraction of sp³-hybridized carbons (Fsp3) is 0.333. The number of aromatic nitrogens is 1. The summed E-state index contributed by atoms with van der Waals surface area (Å²) in [6, 6.07) is 6.41. The quantitative estimate of drug-likeness (QED) is 0.909. The van der Waals surface area contributed by atoms with E-state index in [0.29, 0.717) is 12.1 Å². The largest absolute Gasteiger partial charge is 0.344 e. The van der Waals surface area contributed by atoms with Crippen LogP contribution in [0.3, 0.4) is 0 Å². The van der Waals surface area contributed by atoms with Crippen LogP contribution in [-0.4, -0.2) is 25.6 Å². The number of aryl methyl sites for hydroxylation is 1. The number of hydrogen-bond acceptors (Lipinski definition) is 5. The summed E-state index contributed by atoms with van der Waals surface area (Å²) in [7, 11) is -3.21. The highest BCUT2D eigenvalue weighted by Crippen LogP contribution is 2.20. The molecule has 0 fully saturated rings. The first-order valence-corrected chi connectivity index (χ1v) is 9.61. The minimum Gasteiger partial charge on any atom is -0.344 e. The molecule has 1 amide bonds. The molecule has 0 saturated carbocycles. The van der Waals surface area contributed by atoms with Crippen molar-refractivity contribution in [2.45, 2.75) is 31.2 Å². The van der Waals surface area contributed by atoms with Crippen LogP contribution < -0.4 is 5.32 Å². The van der Waals surface area contributed by atoms with Crippen LogP contribution in [0, 0.1) is 6.92 Å². The lowest BCUT2D eigenvalue weighted by molar-refractivity contribution is 0.0931. The molecule has 0 bridgehead atoms. The number of carbonyl (C=O) groups excluding carboxylic acids is 1. The number of amides is 1. The third-order valence-corrected chi connectivity index (χ3v) is 5.18. The summed E-state index contributed by atoms with van der Waals surface area (Å²) in [4.78, 5) is 16.6. The molecule has 118 valence electrons. The van der Waals surface area contributed by atoms with Crippen LogP contribution in [0.1, 0.15) is 40.4 Å². The van der Waals surface area contributed by atoms with Gasteiger partial charge in [0.15, 0.2) is 9.84 Å². The van der Waals surface area contributed by atoms with Crippen LogP contribution in [0.4, 0.5) is 0 Å². The summed E-state index contributed by atoms with van der Waals surface area (Å²) in [5.74, 6) is -0.219. The van der Waals surface area contributed by atoms with Crippen molar-refractivity contribution in [2.75, 3.05) is 6.26 Å². The van der Waals surface area contributed by atoms with Gasteiger partial charge in [0, 0.05) is 11.6 Å². The van der Waals surface area contributed by atoms with Gasteiger partial charge in [-0.05, 0) is 31.0 Å². The van der Waals surface area contributed by atoms with E-state index in [1.54, 1.807) is 29.6 Å².